The van der Waals surface area contributed by atoms with E-state index in [1.165, 1.54) is 0 Å². The molecule has 0 saturated carbocycles. The summed E-state index contributed by atoms with van der Waals surface area (Å²) in [5.74, 6) is -2.36. The van der Waals surface area contributed by atoms with Gasteiger partial charge in [0.25, 0.3) is 5.91 Å². The zero-order valence-corrected chi connectivity index (χ0v) is 24.3. The molecule has 0 saturated heterocycles. The fraction of sp³-hybridized carbons (Fsp3) is 0.276. The van der Waals surface area contributed by atoms with Gasteiger partial charge in [-0.2, -0.15) is 9.40 Å². The highest BCUT2D eigenvalue weighted by Gasteiger charge is 2.32. The van der Waals surface area contributed by atoms with Gasteiger partial charge in [0.15, 0.2) is 5.78 Å². The van der Waals surface area contributed by atoms with Crippen LogP contribution in [0, 0.1) is 11.6 Å². The molecule has 2 aromatic heterocycles. The Morgan fingerprint density at radius 3 is 2.58 bits per heavy atom. The van der Waals surface area contributed by atoms with E-state index in [0.29, 0.717) is 47.6 Å². The summed E-state index contributed by atoms with van der Waals surface area (Å²) in [6, 6.07) is 10.2. The van der Waals surface area contributed by atoms with Gasteiger partial charge in [-0.1, -0.05) is 0 Å². The average molecular weight is 613 g/mol. The molecule has 1 amide bonds. The molecule has 11 nitrogen and oxygen atoms in total. The minimum absolute atomic E-state index is 0.0628. The number of anilines is 1. The molecule has 3 N–H and O–H groups in total. The number of Topliss-reactive ketones (excluding diaryl/α,β-unsaturated/α-hetero) is 1. The van der Waals surface area contributed by atoms with Crippen molar-refractivity contribution < 1.29 is 31.5 Å². The number of ether oxygens (including phenoxy) is 1. The van der Waals surface area contributed by atoms with Crippen LogP contribution in [0.5, 0.6) is 5.75 Å². The van der Waals surface area contributed by atoms with Gasteiger partial charge in [0.05, 0.1) is 22.7 Å². The van der Waals surface area contributed by atoms with Crippen LogP contribution in [0.1, 0.15) is 37.8 Å². The van der Waals surface area contributed by atoms with Gasteiger partial charge in [-0.15, -0.1) is 0 Å². The number of ketones is 1. The Morgan fingerprint density at radius 2 is 1.88 bits per heavy atom. The fourth-order valence-electron chi connectivity index (χ4n) is 4.72. The van der Waals surface area contributed by atoms with Crippen LogP contribution < -0.4 is 10.1 Å². The number of likely N-dealkylation sites (N-methyl/N-ethyl adjacent to an activating group) is 1. The van der Waals surface area contributed by atoms with Crippen LogP contribution in [-0.2, 0) is 29.4 Å². The molecule has 5 rings (SSSR count). The van der Waals surface area contributed by atoms with Gasteiger partial charge >= 0.3 is 0 Å². The summed E-state index contributed by atoms with van der Waals surface area (Å²) in [4.78, 5) is 30.7. The second-order valence-corrected chi connectivity index (χ2v) is 12.3. The molecule has 1 aliphatic heterocycles. The third kappa shape index (κ3) is 6.82. The number of hydrogen-bond donors (Lipinski definition) is 3. The summed E-state index contributed by atoms with van der Waals surface area (Å²) < 4.78 is 60.9. The first-order chi connectivity index (χ1) is 20.5. The van der Waals surface area contributed by atoms with E-state index in [2.05, 4.69) is 20.5 Å². The van der Waals surface area contributed by atoms with Crippen molar-refractivity contribution in [2.24, 2.45) is 0 Å². The Balaban J connectivity index is 1.38. The minimum Gasteiger partial charge on any atom is -0.492 e. The van der Waals surface area contributed by atoms with Gasteiger partial charge in [-0.25, -0.2) is 17.2 Å². The van der Waals surface area contributed by atoms with Gasteiger partial charge in [-0.05, 0) is 50.5 Å². The maximum Gasteiger partial charge on any atom is 0.272 e. The maximum atomic E-state index is 13.8. The SMILES string of the molecule is CN(C)CCOc1ccc(C(=O)Cc2n[nH]c3c2CN(S(=O)(=O)c2cc(F)cc(F)c2)CC3)c(NC(=O)c2ccc[nH]2)c1. The van der Waals surface area contributed by atoms with Crippen molar-refractivity contribution in [3.05, 3.63) is 94.6 Å². The monoisotopic (exact) mass is 612 g/mol. The zero-order valence-electron chi connectivity index (χ0n) is 23.5. The molecule has 0 spiro atoms. The number of H-pyrrole nitrogens is 2. The van der Waals surface area contributed by atoms with Crippen molar-refractivity contribution >= 4 is 27.4 Å². The molecule has 226 valence electrons. The number of aromatic nitrogens is 3. The number of sulfonamides is 1. The third-order valence-corrected chi connectivity index (χ3v) is 8.80. The lowest BCUT2D eigenvalue weighted by Crippen LogP contribution is -2.36. The number of hydrogen-bond acceptors (Lipinski definition) is 7. The van der Waals surface area contributed by atoms with Crippen LogP contribution in [-0.4, -0.2) is 78.3 Å². The predicted octanol–water partition coefficient (Wildman–Crippen LogP) is 3.38. The smallest absolute Gasteiger partial charge is 0.272 e. The minimum atomic E-state index is -4.23. The number of amides is 1. The van der Waals surface area contributed by atoms with E-state index in [1.807, 2.05) is 19.0 Å². The van der Waals surface area contributed by atoms with E-state index in [-0.39, 0.29) is 43.0 Å². The van der Waals surface area contributed by atoms with Gasteiger partial charge < -0.3 is 19.9 Å². The van der Waals surface area contributed by atoms with Crippen molar-refractivity contribution in [3.8, 4) is 5.75 Å². The molecule has 0 bridgehead atoms. The van der Waals surface area contributed by atoms with Crippen LogP contribution >= 0.6 is 0 Å². The highest BCUT2D eigenvalue weighted by molar-refractivity contribution is 7.89. The van der Waals surface area contributed by atoms with E-state index in [1.54, 1.807) is 36.5 Å². The van der Waals surface area contributed by atoms with Crippen molar-refractivity contribution in [1.82, 2.24) is 24.4 Å². The maximum absolute atomic E-state index is 13.8. The summed E-state index contributed by atoms with van der Waals surface area (Å²) >= 11 is 0. The fourth-order valence-corrected chi connectivity index (χ4v) is 6.17. The van der Waals surface area contributed by atoms with Gasteiger partial charge in [0, 0.05) is 61.2 Å². The van der Waals surface area contributed by atoms with Gasteiger partial charge in [0.1, 0.15) is 29.7 Å². The van der Waals surface area contributed by atoms with Crippen LogP contribution in [0.4, 0.5) is 14.5 Å². The van der Waals surface area contributed by atoms with Crippen LogP contribution in [0.3, 0.4) is 0 Å². The third-order valence-electron chi connectivity index (χ3n) is 6.98. The quantitative estimate of drug-likeness (QED) is 0.221. The highest BCUT2D eigenvalue weighted by atomic mass is 32.2. The predicted molar refractivity (Wildman–Crippen MR) is 154 cm³/mol. The Hall–Kier alpha value is -4.40. The molecule has 14 heteroatoms. The van der Waals surface area contributed by atoms with E-state index >= 15 is 0 Å². The molecule has 0 unspecified atom stereocenters. The summed E-state index contributed by atoms with van der Waals surface area (Å²) in [7, 11) is -0.398. The molecule has 4 aromatic rings. The lowest BCUT2D eigenvalue weighted by molar-refractivity contribution is 0.0992. The Labute approximate surface area is 246 Å². The molecule has 2 aromatic carbocycles. The standard InChI is InChI=1S/C29H30F2N6O5S/c1-36(2)10-11-42-20-5-6-22(26(15-20)33-29(39)25-4-3-8-32-25)28(38)16-27-23-17-37(9-7-24(23)34-35-27)43(40,41)21-13-18(30)12-19(31)14-21/h3-6,8,12-15,32H,7,9-11,16-17H2,1-2H3,(H,33,39)(H,34,35). The first kappa shape index (κ1) is 30.1. The van der Waals surface area contributed by atoms with Gasteiger partial charge in [0.2, 0.25) is 10.0 Å². The second kappa shape index (κ2) is 12.5. The molecule has 0 fully saturated rings. The topological polar surface area (TPSA) is 140 Å². The number of carbonyl (C=O) groups excluding carboxylic acids is 2. The second-order valence-electron chi connectivity index (χ2n) is 10.3. The zero-order chi connectivity index (χ0) is 30.7. The molecular weight excluding hydrogens is 582 g/mol. The number of fused-ring (bicyclic) bond motifs is 1. The van der Waals surface area contributed by atoms with E-state index < -0.39 is 32.5 Å². The number of carbonyl (C=O) groups is 2. The highest BCUT2D eigenvalue weighted by Crippen LogP contribution is 2.29. The summed E-state index contributed by atoms with van der Waals surface area (Å²) in [6.45, 7) is 0.985. The number of benzene rings is 2. The number of rotatable bonds is 11. The molecular formula is C29H30F2N6O5S. The Bertz CT molecular complexity index is 1730. The molecule has 3 heterocycles. The van der Waals surface area contributed by atoms with Crippen LogP contribution in [0.2, 0.25) is 0 Å². The van der Waals surface area contributed by atoms with Crippen molar-refractivity contribution in [3.63, 3.8) is 0 Å². The summed E-state index contributed by atoms with van der Waals surface area (Å²) in [6.07, 6.45) is 1.68. The lowest BCUT2D eigenvalue weighted by Gasteiger charge is -2.26. The van der Waals surface area contributed by atoms with Crippen molar-refractivity contribution in [1.29, 1.82) is 0 Å². The van der Waals surface area contributed by atoms with E-state index in [9.17, 15) is 26.8 Å². The summed E-state index contributed by atoms with van der Waals surface area (Å²) in [5, 5.41) is 9.93. The Kier molecular flexibility index (Phi) is 8.71. The molecule has 0 aliphatic carbocycles. The average Bonchev–Trinajstić information content (AvgIpc) is 3.63. The van der Waals surface area contributed by atoms with E-state index in [0.717, 1.165) is 16.4 Å². The molecule has 43 heavy (non-hydrogen) atoms. The lowest BCUT2D eigenvalue weighted by atomic mass is 9.99. The number of aromatic amines is 2. The molecule has 0 radical (unpaired) electrons. The van der Waals surface area contributed by atoms with Crippen molar-refractivity contribution in [2.75, 3.05) is 39.1 Å². The molecule has 0 atom stereocenters. The Morgan fingerprint density at radius 1 is 1.12 bits per heavy atom. The summed E-state index contributed by atoms with van der Waals surface area (Å²) in [5.41, 5.74) is 2.28. The van der Waals surface area contributed by atoms with Crippen LogP contribution in [0.25, 0.3) is 0 Å². The normalized spacial score (nSPS) is 13.6. The molecule has 1 aliphatic rings. The van der Waals surface area contributed by atoms with Crippen molar-refractivity contribution in [2.45, 2.75) is 24.3 Å². The number of halogens is 2. The number of nitrogens with one attached hydrogen (secondary N) is 3. The first-order valence-corrected chi connectivity index (χ1v) is 14.9. The first-order valence-electron chi connectivity index (χ1n) is 13.4. The van der Waals surface area contributed by atoms with Crippen LogP contribution in [0.15, 0.2) is 59.6 Å². The number of nitrogens with zero attached hydrogens (tertiary/aromatic N) is 3. The van der Waals surface area contributed by atoms with E-state index in [4.69, 9.17) is 4.74 Å². The van der Waals surface area contributed by atoms with Gasteiger partial charge in [-0.3, -0.25) is 14.7 Å². The largest absolute Gasteiger partial charge is 0.492 e.